The lowest BCUT2D eigenvalue weighted by atomic mass is 10.2. The molecule has 2 heteroatoms. The van der Waals surface area contributed by atoms with Crippen molar-refractivity contribution in [2.24, 2.45) is 0 Å². The first-order valence-electron chi connectivity index (χ1n) is 3.43. The molecule has 0 radical (unpaired) electrons. The van der Waals surface area contributed by atoms with Crippen molar-refractivity contribution in [2.75, 3.05) is 0 Å². The molecule has 1 aromatic heterocycles. The first-order valence-corrected chi connectivity index (χ1v) is 3.83. The summed E-state index contributed by atoms with van der Waals surface area (Å²) < 4.78 is 0.861. The predicted molar refractivity (Wildman–Crippen MR) is 45.7 cm³/mol. The summed E-state index contributed by atoms with van der Waals surface area (Å²) in [4.78, 5) is 3.14. The highest BCUT2D eigenvalue weighted by Gasteiger charge is 1.89. The summed E-state index contributed by atoms with van der Waals surface area (Å²) >= 11 is 5.05. The molecule has 0 unspecified atom stereocenters. The second kappa shape index (κ2) is 2.97. The van der Waals surface area contributed by atoms with Crippen molar-refractivity contribution in [1.82, 2.24) is 4.98 Å². The van der Waals surface area contributed by atoms with E-state index in [9.17, 15) is 0 Å². The first-order chi connectivity index (χ1) is 4.74. The van der Waals surface area contributed by atoms with Crippen molar-refractivity contribution < 1.29 is 0 Å². The van der Waals surface area contributed by atoms with Gasteiger partial charge in [-0.2, -0.15) is 0 Å². The van der Waals surface area contributed by atoms with Gasteiger partial charge in [-0.3, -0.25) is 0 Å². The van der Waals surface area contributed by atoms with Crippen LogP contribution >= 0.6 is 12.2 Å². The molecule has 1 N–H and O–H groups in total. The van der Waals surface area contributed by atoms with Gasteiger partial charge in [0.05, 0.1) is 0 Å². The Hall–Kier alpha value is -0.630. The van der Waals surface area contributed by atoms with E-state index in [1.54, 1.807) is 0 Å². The lowest BCUT2D eigenvalue weighted by Gasteiger charge is -1.97. The molecule has 1 rings (SSSR count). The molecule has 1 aromatic rings. The van der Waals surface area contributed by atoms with Crippen molar-refractivity contribution in [3.63, 3.8) is 0 Å². The van der Waals surface area contributed by atoms with E-state index in [4.69, 9.17) is 12.2 Å². The standard InChI is InChI=1S/C8H11NS/c1-3-7-5-4-6(2)8(10)9-7/h4-5H,3H2,1-2H3,(H,9,10). The zero-order valence-electron chi connectivity index (χ0n) is 6.27. The quantitative estimate of drug-likeness (QED) is 0.613. The molecule has 1 nitrogen and oxygen atoms in total. The molecule has 0 aliphatic carbocycles. The molecule has 1 heterocycles. The average molecular weight is 153 g/mol. The maximum Gasteiger partial charge on any atom is 0.106 e. The number of H-pyrrole nitrogens is 1. The van der Waals surface area contributed by atoms with Crippen LogP contribution in [0, 0.1) is 11.6 Å². The largest absolute Gasteiger partial charge is 0.350 e. The van der Waals surface area contributed by atoms with Gasteiger partial charge in [0.1, 0.15) is 4.64 Å². The highest BCUT2D eigenvalue weighted by atomic mass is 32.1. The van der Waals surface area contributed by atoms with E-state index in [0.717, 1.165) is 16.6 Å². The molecule has 10 heavy (non-hydrogen) atoms. The fraction of sp³-hybridized carbons (Fsp3) is 0.375. The van der Waals surface area contributed by atoms with Gasteiger partial charge in [0.2, 0.25) is 0 Å². The number of aryl methyl sites for hydroxylation is 2. The van der Waals surface area contributed by atoms with Crippen LogP contribution in [-0.4, -0.2) is 4.98 Å². The Kier molecular flexibility index (Phi) is 2.22. The van der Waals surface area contributed by atoms with Crippen LogP contribution in [-0.2, 0) is 6.42 Å². The highest BCUT2D eigenvalue weighted by Crippen LogP contribution is 2.01. The maximum absolute atomic E-state index is 5.05. The molecule has 0 saturated carbocycles. The van der Waals surface area contributed by atoms with Gasteiger partial charge < -0.3 is 4.98 Å². The second-order valence-corrected chi connectivity index (χ2v) is 2.76. The number of nitrogens with one attached hydrogen (secondary N) is 1. The first kappa shape index (κ1) is 7.48. The topological polar surface area (TPSA) is 15.8 Å². The van der Waals surface area contributed by atoms with Crippen LogP contribution in [0.4, 0.5) is 0 Å². The van der Waals surface area contributed by atoms with Crippen molar-refractivity contribution in [2.45, 2.75) is 20.3 Å². The predicted octanol–water partition coefficient (Wildman–Crippen LogP) is 2.62. The molecule has 0 amide bonds. The van der Waals surface area contributed by atoms with E-state index in [-0.39, 0.29) is 0 Å². The Bertz CT molecular complexity index is 275. The van der Waals surface area contributed by atoms with Crippen LogP contribution in [0.3, 0.4) is 0 Å². The Balaban J connectivity index is 3.17. The van der Waals surface area contributed by atoms with E-state index in [1.165, 1.54) is 5.69 Å². The molecule has 0 bridgehead atoms. The monoisotopic (exact) mass is 153 g/mol. The third-order valence-electron chi connectivity index (χ3n) is 1.55. The van der Waals surface area contributed by atoms with E-state index in [1.807, 2.05) is 6.92 Å². The number of hydrogen-bond acceptors (Lipinski definition) is 1. The minimum atomic E-state index is 0.861. The summed E-state index contributed by atoms with van der Waals surface area (Å²) in [5.41, 5.74) is 2.35. The van der Waals surface area contributed by atoms with Crippen LogP contribution in [0.25, 0.3) is 0 Å². The van der Waals surface area contributed by atoms with Gasteiger partial charge in [0.15, 0.2) is 0 Å². The minimum Gasteiger partial charge on any atom is -0.350 e. The van der Waals surface area contributed by atoms with Crippen molar-refractivity contribution in [1.29, 1.82) is 0 Å². The van der Waals surface area contributed by atoms with Crippen molar-refractivity contribution in [3.8, 4) is 0 Å². The second-order valence-electron chi connectivity index (χ2n) is 2.35. The Morgan fingerprint density at radius 2 is 2.20 bits per heavy atom. The van der Waals surface area contributed by atoms with E-state index in [0.29, 0.717) is 0 Å². The van der Waals surface area contributed by atoms with Crippen LogP contribution in [0.1, 0.15) is 18.2 Å². The van der Waals surface area contributed by atoms with Crippen LogP contribution in [0.2, 0.25) is 0 Å². The number of rotatable bonds is 1. The lowest BCUT2D eigenvalue weighted by Crippen LogP contribution is -1.87. The van der Waals surface area contributed by atoms with Gasteiger partial charge in [-0.15, -0.1) is 0 Å². The molecular weight excluding hydrogens is 142 g/mol. The van der Waals surface area contributed by atoms with Crippen molar-refractivity contribution in [3.05, 3.63) is 28.0 Å². The SMILES string of the molecule is CCc1ccc(C)c(=S)[nH]1. The summed E-state index contributed by atoms with van der Waals surface area (Å²) in [5, 5.41) is 0. The smallest absolute Gasteiger partial charge is 0.106 e. The Morgan fingerprint density at radius 1 is 1.50 bits per heavy atom. The zero-order valence-corrected chi connectivity index (χ0v) is 7.09. The molecule has 0 aliphatic rings. The molecule has 0 aliphatic heterocycles. The third kappa shape index (κ3) is 1.45. The maximum atomic E-state index is 5.05. The van der Waals surface area contributed by atoms with Gasteiger partial charge in [0.25, 0.3) is 0 Å². The third-order valence-corrected chi connectivity index (χ3v) is 1.97. The molecule has 0 saturated heterocycles. The zero-order chi connectivity index (χ0) is 7.56. The molecule has 0 aromatic carbocycles. The van der Waals surface area contributed by atoms with Gasteiger partial charge in [0, 0.05) is 5.69 Å². The number of aromatic nitrogens is 1. The molecule has 0 fully saturated rings. The normalized spacial score (nSPS) is 9.80. The number of hydrogen-bond donors (Lipinski definition) is 1. The molecular formula is C8H11NS. The summed E-state index contributed by atoms with van der Waals surface area (Å²) in [7, 11) is 0. The molecule has 0 atom stereocenters. The van der Waals surface area contributed by atoms with Crippen LogP contribution in [0.15, 0.2) is 12.1 Å². The molecule has 54 valence electrons. The Morgan fingerprint density at radius 3 is 2.70 bits per heavy atom. The number of aromatic amines is 1. The fourth-order valence-electron chi connectivity index (χ4n) is 0.794. The van der Waals surface area contributed by atoms with E-state index in [2.05, 4.69) is 24.0 Å². The molecule has 0 spiro atoms. The average Bonchev–Trinajstić information content (AvgIpc) is 1.95. The van der Waals surface area contributed by atoms with Gasteiger partial charge in [-0.1, -0.05) is 25.2 Å². The lowest BCUT2D eigenvalue weighted by molar-refractivity contribution is 1.02. The summed E-state index contributed by atoms with van der Waals surface area (Å²) in [6.45, 7) is 4.12. The van der Waals surface area contributed by atoms with E-state index < -0.39 is 0 Å². The highest BCUT2D eigenvalue weighted by molar-refractivity contribution is 7.71. The van der Waals surface area contributed by atoms with Gasteiger partial charge in [-0.05, 0) is 25.0 Å². The summed E-state index contributed by atoms with van der Waals surface area (Å²) in [6, 6.07) is 4.13. The van der Waals surface area contributed by atoms with Gasteiger partial charge in [-0.25, -0.2) is 0 Å². The summed E-state index contributed by atoms with van der Waals surface area (Å²) in [6.07, 6.45) is 1.02. The minimum absolute atomic E-state index is 0.861. The number of pyridine rings is 1. The van der Waals surface area contributed by atoms with Crippen LogP contribution < -0.4 is 0 Å². The fourth-order valence-corrected chi connectivity index (χ4v) is 0.993. The Labute approximate surface area is 66.1 Å². The van der Waals surface area contributed by atoms with Gasteiger partial charge >= 0.3 is 0 Å². The summed E-state index contributed by atoms with van der Waals surface area (Å²) in [5.74, 6) is 0. The van der Waals surface area contributed by atoms with Crippen LogP contribution in [0.5, 0.6) is 0 Å². The van der Waals surface area contributed by atoms with Crippen molar-refractivity contribution >= 4 is 12.2 Å². The van der Waals surface area contributed by atoms with E-state index >= 15 is 0 Å².